The Kier molecular flexibility index (Phi) is 2.96. The number of aliphatic carboxylic acids is 1. The fourth-order valence-corrected chi connectivity index (χ4v) is 2.19. The van der Waals surface area contributed by atoms with Crippen molar-refractivity contribution < 1.29 is 9.90 Å². The summed E-state index contributed by atoms with van der Waals surface area (Å²) in [5.74, 6) is -0.438. The number of hydrogen-bond acceptors (Lipinski definition) is 2. The summed E-state index contributed by atoms with van der Waals surface area (Å²) in [5.41, 5.74) is 5.26. The second kappa shape index (κ2) is 3.66. The van der Waals surface area contributed by atoms with Gasteiger partial charge in [0.25, 0.3) is 0 Å². The Bertz CT molecular complexity index is 193. The van der Waals surface area contributed by atoms with E-state index < -0.39 is 11.4 Å². The molecule has 3 heteroatoms. The SMILES string of the molecule is CC(C)C1(C(=O)O)CCC(N)CC1. The molecule has 76 valence electrons. The van der Waals surface area contributed by atoms with Crippen molar-refractivity contribution in [3.8, 4) is 0 Å². The van der Waals surface area contributed by atoms with Gasteiger partial charge in [0, 0.05) is 6.04 Å². The van der Waals surface area contributed by atoms with Crippen molar-refractivity contribution in [3.05, 3.63) is 0 Å². The lowest BCUT2D eigenvalue weighted by molar-refractivity contribution is -0.154. The van der Waals surface area contributed by atoms with Gasteiger partial charge in [-0.1, -0.05) is 13.8 Å². The molecule has 13 heavy (non-hydrogen) atoms. The average Bonchev–Trinajstić information content (AvgIpc) is 2.04. The molecule has 0 aliphatic heterocycles. The Morgan fingerprint density at radius 2 is 1.92 bits per heavy atom. The first-order valence-electron chi connectivity index (χ1n) is 4.98. The van der Waals surface area contributed by atoms with Crippen molar-refractivity contribution in [1.29, 1.82) is 0 Å². The minimum absolute atomic E-state index is 0.206. The van der Waals surface area contributed by atoms with Crippen LogP contribution in [-0.2, 0) is 4.79 Å². The standard InChI is InChI=1S/C10H19NO2/c1-7(2)10(9(12)13)5-3-8(11)4-6-10/h7-8H,3-6,11H2,1-2H3,(H,12,13). The Morgan fingerprint density at radius 1 is 1.46 bits per heavy atom. The first-order chi connectivity index (χ1) is 5.99. The van der Waals surface area contributed by atoms with Gasteiger partial charge in [0.2, 0.25) is 0 Å². The third kappa shape index (κ3) is 1.85. The van der Waals surface area contributed by atoms with Crippen LogP contribution in [0.4, 0.5) is 0 Å². The maximum absolute atomic E-state index is 11.2. The minimum Gasteiger partial charge on any atom is -0.481 e. The third-order valence-corrected chi connectivity index (χ3v) is 3.45. The molecule has 1 aliphatic carbocycles. The smallest absolute Gasteiger partial charge is 0.309 e. The Hall–Kier alpha value is -0.570. The molecule has 0 heterocycles. The van der Waals surface area contributed by atoms with Crippen LogP contribution in [0, 0.1) is 11.3 Å². The van der Waals surface area contributed by atoms with Crippen molar-refractivity contribution in [2.24, 2.45) is 17.1 Å². The highest BCUT2D eigenvalue weighted by atomic mass is 16.4. The number of rotatable bonds is 2. The maximum Gasteiger partial charge on any atom is 0.309 e. The van der Waals surface area contributed by atoms with Crippen LogP contribution in [0.1, 0.15) is 39.5 Å². The first-order valence-corrected chi connectivity index (χ1v) is 4.98. The number of carboxylic acid groups (broad SMARTS) is 1. The minimum atomic E-state index is -0.644. The highest BCUT2D eigenvalue weighted by Gasteiger charge is 2.43. The molecule has 1 aliphatic rings. The summed E-state index contributed by atoms with van der Waals surface area (Å²) in [5, 5.41) is 9.20. The van der Waals surface area contributed by atoms with Crippen LogP contribution in [0.2, 0.25) is 0 Å². The molecule has 1 rings (SSSR count). The third-order valence-electron chi connectivity index (χ3n) is 3.45. The summed E-state index contributed by atoms with van der Waals surface area (Å²) in [7, 11) is 0. The monoisotopic (exact) mass is 185 g/mol. The molecule has 1 saturated carbocycles. The van der Waals surface area contributed by atoms with Gasteiger partial charge >= 0.3 is 5.97 Å². The molecule has 0 atom stereocenters. The van der Waals surface area contributed by atoms with E-state index in [9.17, 15) is 9.90 Å². The first kappa shape index (κ1) is 10.5. The molecular weight excluding hydrogens is 166 g/mol. The van der Waals surface area contributed by atoms with Crippen LogP contribution in [0.5, 0.6) is 0 Å². The molecule has 0 spiro atoms. The summed E-state index contributed by atoms with van der Waals surface area (Å²) in [6.07, 6.45) is 3.18. The van der Waals surface area contributed by atoms with Gasteiger partial charge in [-0.2, -0.15) is 0 Å². The van der Waals surface area contributed by atoms with Gasteiger partial charge < -0.3 is 10.8 Å². The molecule has 0 saturated heterocycles. The normalized spacial score (nSPS) is 34.9. The second-order valence-electron chi connectivity index (χ2n) is 4.45. The fourth-order valence-electron chi connectivity index (χ4n) is 2.19. The Morgan fingerprint density at radius 3 is 2.23 bits per heavy atom. The Balaban J connectivity index is 2.75. The summed E-state index contributed by atoms with van der Waals surface area (Å²) in [6, 6.07) is 0.214. The number of carbonyl (C=O) groups is 1. The van der Waals surface area contributed by atoms with E-state index in [-0.39, 0.29) is 12.0 Å². The van der Waals surface area contributed by atoms with Crippen molar-refractivity contribution in [3.63, 3.8) is 0 Å². The molecule has 3 N–H and O–H groups in total. The van der Waals surface area contributed by atoms with Gasteiger partial charge in [0.1, 0.15) is 0 Å². The van der Waals surface area contributed by atoms with E-state index in [1.165, 1.54) is 0 Å². The molecule has 0 radical (unpaired) electrons. The lowest BCUT2D eigenvalue weighted by Gasteiger charge is -2.38. The lowest BCUT2D eigenvalue weighted by Crippen LogP contribution is -2.42. The fraction of sp³-hybridized carbons (Fsp3) is 0.900. The quantitative estimate of drug-likeness (QED) is 0.687. The summed E-state index contributed by atoms with van der Waals surface area (Å²) in [4.78, 5) is 11.2. The van der Waals surface area contributed by atoms with Crippen LogP contribution < -0.4 is 5.73 Å². The molecule has 0 aromatic heterocycles. The highest BCUT2D eigenvalue weighted by Crippen LogP contribution is 2.42. The van der Waals surface area contributed by atoms with E-state index in [0.29, 0.717) is 0 Å². The van der Waals surface area contributed by atoms with Crippen molar-refractivity contribution in [2.45, 2.75) is 45.6 Å². The zero-order valence-corrected chi connectivity index (χ0v) is 8.42. The van der Waals surface area contributed by atoms with Crippen LogP contribution >= 0.6 is 0 Å². The van der Waals surface area contributed by atoms with Crippen LogP contribution in [0.3, 0.4) is 0 Å². The average molecular weight is 185 g/mol. The summed E-state index contributed by atoms with van der Waals surface area (Å²) >= 11 is 0. The molecule has 0 amide bonds. The van der Waals surface area contributed by atoms with E-state index in [1.54, 1.807) is 0 Å². The van der Waals surface area contributed by atoms with E-state index in [2.05, 4.69) is 0 Å². The van der Waals surface area contributed by atoms with Gasteiger partial charge in [-0.25, -0.2) is 0 Å². The van der Waals surface area contributed by atoms with Crippen molar-refractivity contribution in [2.75, 3.05) is 0 Å². The molecule has 3 nitrogen and oxygen atoms in total. The van der Waals surface area contributed by atoms with Crippen LogP contribution in [0.15, 0.2) is 0 Å². The number of nitrogens with two attached hydrogens (primary N) is 1. The molecule has 1 fully saturated rings. The summed E-state index contributed by atoms with van der Waals surface area (Å²) < 4.78 is 0. The van der Waals surface area contributed by atoms with Gasteiger partial charge in [-0.15, -0.1) is 0 Å². The largest absolute Gasteiger partial charge is 0.481 e. The Labute approximate surface area is 79.3 Å². The number of hydrogen-bond donors (Lipinski definition) is 2. The number of carboxylic acids is 1. The molecular formula is C10H19NO2. The highest BCUT2D eigenvalue weighted by molar-refractivity contribution is 5.75. The molecule has 0 aromatic carbocycles. The molecule has 0 aromatic rings. The van der Waals surface area contributed by atoms with E-state index >= 15 is 0 Å². The van der Waals surface area contributed by atoms with E-state index in [4.69, 9.17) is 5.73 Å². The van der Waals surface area contributed by atoms with E-state index in [0.717, 1.165) is 25.7 Å². The van der Waals surface area contributed by atoms with Crippen molar-refractivity contribution >= 4 is 5.97 Å². The zero-order chi connectivity index (χ0) is 10.1. The topological polar surface area (TPSA) is 63.3 Å². The second-order valence-corrected chi connectivity index (χ2v) is 4.45. The lowest BCUT2D eigenvalue weighted by atomic mass is 9.66. The van der Waals surface area contributed by atoms with Crippen molar-refractivity contribution in [1.82, 2.24) is 0 Å². The predicted octanol–water partition coefficient (Wildman–Crippen LogP) is 1.61. The zero-order valence-electron chi connectivity index (χ0n) is 8.42. The van der Waals surface area contributed by atoms with Gasteiger partial charge in [0.15, 0.2) is 0 Å². The van der Waals surface area contributed by atoms with Gasteiger partial charge in [-0.3, -0.25) is 4.79 Å². The van der Waals surface area contributed by atoms with Gasteiger partial charge in [-0.05, 0) is 31.6 Å². The van der Waals surface area contributed by atoms with Crippen LogP contribution in [-0.4, -0.2) is 17.1 Å². The predicted molar refractivity (Wildman–Crippen MR) is 51.4 cm³/mol. The van der Waals surface area contributed by atoms with Crippen LogP contribution in [0.25, 0.3) is 0 Å². The maximum atomic E-state index is 11.2. The summed E-state index contributed by atoms with van der Waals surface area (Å²) in [6.45, 7) is 3.98. The molecule has 0 unspecified atom stereocenters. The van der Waals surface area contributed by atoms with Gasteiger partial charge in [0.05, 0.1) is 5.41 Å². The molecule has 0 bridgehead atoms. The van der Waals surface area contributed by atoms with E-state index in [1.807, 2.05) is 13.8 Å².